The predicted molar refractivity (Wildman–Crippen MR) is 107 cm³/mol. The Labute approximate surface area is 152 Å². The molecule has 3 aromatic carbocycles. The Morgan fingerprint density at radius 1 is 0.640 bits per heavy atom. The molecular formula is C24H28O. The minimum atomic E-state index is -0.0328. The molecule has 0 bridgehead atoms. The molecule has 0 saturated heterocycles. The van der Waals surface area contributed by atoms with Crippen LogP contribution in [-0.2, 0) is 5.41 Å². The molecule has 1 heteroatoms. The van der Waals surface area contributed by atoms with E-state index in [4.69, 9.17) is 0 Å². The van der Waals surface area contributed by atoms with Gasteiger partial charge in [0.05, 0.1) is 0 Å². The van der Waals surface area contributed by atoms with Crippen LogP contribution in [0.2, 0.25) is 0 Å². The summed E-state index contributed by atoms with van der Waals surface area (Å²) in [4.78, 5) is 0. The Morgan fingerprint density at radius 2 is 1.08 bits per heavy atom. The maximum atomic E-state index is 9.29. The fourth-order valence-corrected chi connectivity index (χ4v) is 2.74. The van der Waals surface area contributed by atoms with Crippen molar-refractivity contribution in [3.63, 3.8) is 0 Å². The van der Waals surface area contributed by atoms with Crippen molar-refractivity contribution >= 4 is 0 Å². The lowest BCUT2D eigenvalue weighted by molar-refractivity contribution is 0.474. The Balaban J connectivity index is 0.000000212. The van der Waals surface area contributed by atoms with Crippen LogP contribution < -0.4 is 0 Å². The average molecular weight is 332 g/mol. The topological polar surface area (TPSA) is 20.2 Å². The minimum Gasteiger partial charge on any atom is -0.508 e. The second-order valence-corrected chi connectivity index (χ2v) is 7.10. The molecule has 0 atom stereocenters. The molecule has 0 aromatic heterocycles. The number of benzene rings is 3. The highest BCUT2D eigenvalue weighted by molar-refractivity contribution is 5.39. The first-order chi connectivity index (χ1) is 11.9. The van der Waals surface area contributed by atoms with Crippen LogP contribution in [-0.4, -0.2) is 5.11 Å². The van der Waals surface area contributed by atoms with E-state index < -0.39 is 0 Å². The molecule has 1 nitrogen and oxygen atoms in total. The van der Waals surface area contributed by atoms with Crippen LogP contribution >= 0.6 is 0 Å². The molecule has 0 fully saturated rings. The van der Waals surface area contributed by atoms with Gasteiger partial charge in [0.25, 0.3) is 0 Å². The first-order valence-corrected chi connectivity index (χ1v) is 8.81. The van der Waals surface area contributed by atoms with Gasteiger partial charge < -0.3 is 5.11 Å². The summed E-state index contributed by atoms with van der Waals surface area (Å²) in [6, 6.07) is 28.3. The highest BCUT2D eigenvalue weighted by atomic mass is 16.3. The highest BCUT2D eigenvalue weighted by Gasteiger charge is 2.22. The van der Waals surface area contributed by atoms with E-state index in [2.05, 4.69) is 76.2 Å². The van der Waals surface area contributed by atoms with Crippen LogP contribution in [0.4, 0.5) is 0 Å². The molecular weight excluding hydrogens is 304 g/mol. The third kappa shape index (κ3) is 5.22. The lowest BCUT2D eigenvalue weighted by Crippen LogP contribution is -2.18. The van der Waals surface area contributed by atoms with Gasteiger partial charge in [0.15, 0.2) is 0 Å². The Kier molecular flexibility index (Phi) is 6.41. The zero-order valence-electron chi connectivity index (χ0n) is 15.6. The van der Waals surface area contributed by atoms with Crippen molar-refractivity contribution in [1.82, 2.24) is 0 Å². The Bertz CT molecular complexity index is 741. The summed E-state index contributed by atoms with van der Waals surface area (Å²) in [5.41, 5.74) is 3.87. The second-order valence-electron chi connectivity index (χ2n) is 7.10. The van der Waals surface area contributed by atoms with Crippen LogP contribution in [0.15, 0.2) is 84.9 Å². The van der Waals surface area contributed by atoms with Gasteiger partial charge in [0.1, 0.15) is 5.75 Å². The van der Waals surface area contributed by atoms with Crippen molar-refractivity contribution in [1.29, 1.82) is 0 Å². The highest BCUT2D eigenvalue weighted by Crippen LogP contribution is 2.31. The number of phenols is 1. The summed E-state index contributed by atoms with van der Waals surface area (Å²) in [5, 5.41) is 9.29. The third-order valence-corrected chi connectivity index (χ3v) is 4.55. The van der Waals surface area contributed by atoms with Gasteiger partial charge in [-0.3, -0.25) is 0 Å². The lowest BCUT2D eigenvalue weighted by atomic mass is 9.78. The molecule has 25 heavy (non-hydrogen) atoms. The molecule has 0 aliphatic heterocycles. The molecule has 130 valence electrons. The summed E-state index contributed by atoms with van der Waals surface area (Å²) in [7, 11) is 0. The van der Waals surface area contributed by atoms with Gasteiger partial charge in [-0.2, -0.15) is 0 Å². The summed E-state index contributed by atoms with van der Waals surface area (Å²) < 4.78 is 0. The quantitative estimate of drug-likeness (QED) is 0.578. The van der Waals surface area contributed by atoms with Crippen LogP contribution in [0.5, 0.6) is 5.75 Å². The van der Waals surface area contributed by atoms with E-state index in [1.165, 1.54) is 16.7 Å². The summed E-state index contributed by atoms with van der Waals surface area (Å²) in [6.45, 7) is 8.79. The van der Waals surface area contributed by atoms with Crippen molar-refractivity contribution in [2.75, 3.05) is 0 Å². The van der Waals surface area contributed by atoms with Crippen molar-refractivity contribution in [3.8, 4) is 5.75 Å². The van der Waals surface area contributed by atoms with E-state index in [1.807, 2.05) is 24.3 Å². The lowest BCUT2D eigenvalue weighted by Gasteiger charge is -2.26. The standard InChI is InChI=1S/C15H16O.C9H12/c1-15(2,12-6-4-3-5-7-12)13-8-10-14(16)11-9-13;1-8(2)9-6-4-3-5-7-9/h3-11,16H,1-2H3;3-8H,1-2H3. The van der Waals surface area contributed by atoms with Crippen LogP contribution in [0, 0.1) is 0 Å². The van der Waals surface area contributed by atoms with Gasteiger partial charge in [-0.25, -0.2) is 0 Å². The van der Waals surface area contributed by atoms with E-state index in [1.54, 1.807) is 12.1 Å². The second kappa shape index (κ2) is 8.53. The van der Waals surface area contributed by atoms with Crippen LogP contribution in [0.25, 0.3) is 0 Å². The van der Waals surface area contributed by atoms with Gasteiger partial charge in [-0.05, 0) is 34.7 Å². The largest absolute Gasteiger partial charge is 0.508 e. The van der Waals surface area contributed by atoms with E-state index in [0.717, 1.165) is 0 Å². The van der Waals surface area contributed by atoms with Crippen LogP contribution in [0.1, 0.15) is 50.3 Å². The summed E-state index contributed by atoms with van der Waals surface area (Å²) in [6.07, 6.45) is 0. The fraction of sp³-hybridized carbons (Fsp3) is 0.250. The maximum absolute atomic E-state index is 9.29. The van der Waals surface area contributed by atoms with Crippen molar-refractivity contribution in [2.45, 2.75) is 39.0 Å². The van der Waals surface area contributed by atoms with Crippen molar-refractivity contribution in [3.05, 3.63) is 102 Å². The molecule has 0 spiro atoms. The molecule has 3 rings (SSSR count). The molecule has 0 unspecified atom stereocenters. The fourth-order valence-electron chi connectivity index (χ4n) is 2.74. The number of aromatic hydroxyl groups is 1. The smallest absolute Gasteiger partial charge is 0.115 e. The zero-order chi connectivity index (χ0) is 18.3. The molecule has 0 heterocycles. The van der Waals surface area contributed by atoms with Crippen molar-refractivity contribution < 1.29 is 5.11 Å². The normalized spacial score (nSPS) is 10.9. The number of rotatable bonds is 3. The number of phenolic OH excluding ortho intramolecular Hbond substituents is 1. The van der Waals surface area contributed by atoms with E-state index in [9.17, 15) is 5.11 Å². The SMILES string of the molecule is CC(C)(c1ccccc1)c1ccc(O)cc1.CC(C)c1ccccc1. The molecule has 1 N–H and O–H groups in total. The van der Waals surface area contributed by atoms with E-state index >= 15 is 0 Å². The van der Waals surface area contributed by atoms with Crippen LogP contribution in [0.3, 0.4) is 0 Å². The van der Waals surface area contributed by atoms with Gasteiger partial charge in [0.2, 0.25) is 0 Å². The van der Waals surface area contributed by atoms with Crippen molar-refractivity contribution in [2.24, 2.45) is 0 Å². The van der Waals surface area contributed by atoms with E-state index in [-0.39, 0.29) is 5.41 Å². The molecule has 3 aromatic rings. The number of hydrogen-bond acceptors (Lipinski definition) is 1. The molecule has 0 aliphatic rings. The van der Waals surface area contributed by atoms with Gasteiger partial charge >= 0.3 is 0 Å². The summed E-state index contributed by atoms with van der Waals surface area (Å²) >= 11 is 0. The monoisotopic (exact) mass is 332 g/mol. The summed E-state index contributed by atoms with van der Waals surface area (Å²) in [5.74, 6) is 0.971. The van der Waals surface area contributed by atoms with E-state index in [0.29, 0.717) is 11.7 Å². The molecule has 0 amide bonds. The molecule has 0 aliphatic carbocycles. The van der Waals surface area contributed by atoms with Gasteiger partial charge in [-0.1, -0.05) is 100 Å². The molecule has 0 saturated carbocycles. The van der Waals surface area contributed by atoms with Gasteiger partial charge in [-0.15, -0.1) is 0 Å². The minimum absolute atomic E-state index is 0.0328. The Morgan fingerprint density at radius 3 is 1.52 bits per heavy atom. The first kappa shape index (κ1) is 18.8. The number of hydrogen-bond donors (Lipinski definition) is 1. The Hall–Kier alpha value is -2.54. The van der Waals surface area contributed by atoms with Gasteiger partial charge in [0, 0.05) is 5.41 Å². The maximum Gasteiger partial charge on any atom is 0.115 e. The third-order valence-electron chi connectivity index (χ3n) is 4.55. The molecule has 0 radical (unpaired) electrons. The first-order valence-electron chi connectivity index (χ1n) is 8.81. The zero-order valence-corrected chi connectivity index (χ0v) is 15.6. The predicted octanol–water partition coefficient (Wildman–Crippen LogP) is 6.53. The average Bonchev–Trinajstić information content (AvgIpc) is 2.64.